The summed E-state index contributed by atoms with van der Waals surface area (Å²) in [4.78, 5) is 4.52. The molecule has 2 N–H and O–H groups in total. The smallest absolute Gasteiger partial charge is 0.246 e. The Bertz CT molecular complexity index is 418. The highest BCUT2D eigenvalue weighted by Gasteiger charge is 2.39. The molecule has 108 valence electrons. The van der Waals surface area contributed by atoms with Crippen LogP contribution in [-0.2, 0) is 15.9 Å². The normalized spacial score (nSPS) is 31.1. The van der Waals surface area contributed by atoms with Crippen molar-refractivity contribution < 1.29 is 9.26 Å². The Morgan fingerprint density at radius 3 is 2.63 bits per heavy atom. The first-order valence-corrected chi connectivity index (χ1v) is 7.12. The molecule has 0 spiro atoms. The van der Waals surface area contributed by atoms with E-state index in [-0.39, 0.29) is 0 Å². The summed E-state index contributed by atoms with van der Waals surface area (Å²) in [5, 5.41) is 4.08. The lowest BCUT2D eigenvalue weighted by molar-refractivity contribution is -0.0106. The summed E-state index contributed by atoms with van der Waals surface area (Å²) in [6.45, 7) is 6.27. The third kappa shape index (κ3) is 2.67. The van der Waals surface area contributed by atoms with Crippen LogP contribution in [0.3, 0.4) is 0 Å². The van der Waals surface area contributed by atoms with E-state index in [9.17, 15) is 0 Å². The fourth-order valence-electron chi connectivity index (χ4n) is 2.53. The predicted molar refractivity (Wildman–Crippen MR) is 72.4 cm³/mol. The predicted octanol–water partition coefficient (Wildman–Crippen LogP) is 2.71. The van der Waals surface area contributed by atoms with E-state index in [1.54, 1.807) is 7.11 Å². The molecule has 0 amide bonds. The van der Waals surface area contributed by atoms with Crippen molar-refractivity contribution in [2.24, 2.45) is 11.7 Å². The number of aromatic nitrogens is 2. The van der Waals surface area contributed by atoms with Gasteiger partial charge in [-0.2, -0.15) is 4.98 Å². The molecule has 0 bridgehead atoms. The van der Waals surface area contributed by atoms with Crippen LogP contribution in [0.4, 0.5) is 0 Å². The summed E-state index contributed by atoms with van der Waals surface area (Å²) < 4.78 is 10.9. The molecule has 0 aliphatic heterocycles. The Labute approximate surface area is 114 Å². The maximum atomic E-state index is 6.45. The fraction of sp³-hybridized carbons (Fsp3) is 0.857. The van der Waals surface area contributed by atoms with Crippen molar-refractivity contribution in [2.75, 3.05) is 7.11 Å². The Kier molecular flexibility index (Phi) is 3.97. The van der Waals surface area contributed by atoms with E-state index < -0.39 is 11.1 Å². The van der Waals surface area contributed by atoms with Crippen LogP contribution in [0.15, 0.2) is 4.52 Å². The molecule has 5 heteroatoms. The molecular formula is C14H25N3O2. The number of hydrogen-bond donors (Lipinski definition) is 1. The maximum absolute atomic E-state index is 6.45. The zero-order chi connectivity index (χ0) is 14.1. The molecule has 19 heavy (non-hydrogen) atoms. The van der Waals surface area contributed by atoms with Crippen molar-refractivity contribution >= 4 is 0 Å². The first kappa shape index (κ1) is 14.5. The summed E-state index contributed by atoms with van der Waals surface area (Å²) in [6, 6.07) is 0. The SMILES string of the molecule is CCC(C)(OC)c1noc(C2(N)CCC(C)CC2)n1. The minimum atomic E-state index is -0.500. The van der Waals surface area contributed by atoms with Crippen LogP contribution in [0.1, 0.15) is 64.6 Å². The third-order valence-electron chi connectivity index (χ3n) is 4.62. The second-order valence-electron chi connectivity index (χ2n) is 6.05. The van der Waals surface area contributed by atoms with Crippen LogP contribution in [0, 0.1) is 5.92 Å². The largest absolute Gasteiger partial charge is 0.370 e. The van der Waals surface area contributed by atoms with Gasteiger partial charge in [-0.15, -0.1) is 0 Å². The number of methoxy groups -OCH3 is 1. The Morgan fingerprint density at radius 1 is 1.47 bits per heavy atom. The zero-order valence-electron chi connectivity index (χ0n) is 12.4. The van der Waals surface area contributed by atoms with E-state index in [1.807, 2.05) is 13.8 Å². The van der Waals surface area contributed by atoms with Gasteiger partial charge in [-0.25, -0.2) is 0 Å². The van der Waals surface area contributed by atoms with Gasteiger partial charge in [0.1, 0.15) is 5.60 Å². The molecule has 2 rings (SSSR count). The zero-order valence-corrected chi connectivity index (χ0v) is 12.4. The van der Waals surface area contributed by atoms with Gasteiger partial charge in [0, 0.05) is 7.11 Å². The van der Waals surface area contributed by atoms with Crippen molar-refractivity contribution in [1.82, 2.24) is 10.1 Å². The van der Waals surface area contributed by atoms with Gasteiger partial charge in [0.2, 0.25) is 11.7 Å². The van der Waals surface area contributed by atoms with Crippen molar-refractivity contribution in [3.8, 4) is 0 Å². The van der Waals surface area contributed by atoms with Crippen LogP contribution in [0.2, 0.25) is 0 Å². The number of rotatable bonds is 4. The third-order valence-corrected chi connectivity index (χ3v) is 4.62. The van der Waals surface area contributed by atoms with Gasteiger partial charge in [-0.05, 0) is 44.9 Å². The Balaban J connectivity index is 2.21. The van der Waals surface area contributed by atoms with Crippen molar-refractivity contribution in [3.63, 3.8) is 0 Å². The average Bonchev–Trinajstić information content (AvgIpc) is 2.92. The highest BCUT2D eigenvalue weighted by molar-refractivity contribution is 5.07. The van der Waals surface area contributed by atoms with Gasteiger partial charge in [-0.1, -0.05) is 19.0 Å². The molecule has 1 aliphatic rings. The number of ether oxygens (including phenoxy) is 1. The van der Waals surface area contributed by atoms with Gasteiger partial charge >= 0.3 is 0 Å². The van der Waals surface area contributed by atoms with Crippen LogP contribution in [0.25, 0.3) is 0 Å². The van der Waals surface area contributed by atoms with E-state index in [2.05, 4.69) is 17.1 Å². The summed E-state index contributed by atoms with van der Waals surface area (Å²) in [6.07, 6.45) is 4.83. The molecule has 1 unspecified atom stereocenters. The molecule has 1 heterocycles. The van der Waals surface area contributed by atoms with Crippen LogP contribution < -0.4 is 5.73 Å². The van der Waals surface area contributed by atoms with Crippen molar-refractivity contribution in [3.05, 3.63) is 11.7 Å². The lowest BCUT2D eigenvalue weighted by Gasteiger charge is -2.32. The summed E-state index contributed by atoms with van der Waals surface area (Å²) in [5.41, 5.74) is 5.49. The van der Waals surface area contributed by atoms with Crippen molar-refractivity contribution in [2.45, 2.75) is 64.0 Å². The van der Waals surface area contributed by atoms with Crippen LogP contribution in [0.5, 0.6) is 0 Å². The van der Waals surface area contributed by atoms with Gasteiger partial charge in [0.05, 0.1) is 5.54 Å². The molecule has 1 atom stereocenters. The quantitative estimate of drug-likeness (QED) is 0.907. The molecule has 1 aromatic rings. The molecule has 0 radical (unpaired) electrons. The minimum Gasteiger partial charge on any atom is -0.370 e. The topological polar surface area (TPSA) is 74.2 Å². The van der Waals surface area contributed by atoms with Crippen LogP contribution >= 0.6 is 0 Å². The second-order valence-corrected chi connectivity index (χ2v) is 6.05. The van der Waals surface area contributed by atoms with E-state index >= 15 is 0 Å². The van der Waals surface area contributed by atoms with E-state index in [0.29, 0.717) is 11.7 Å². The summed E-state index contributed by atoms with van der Waals surface area (Å²) >= 11 is 0. The maximum Gasteiger partial charge on any atom is 0.246 e. The molecular weight excluding hydrogens is 242 g/mol. The number of nitrogens with zero attached hydrogens (tertiary/aromatic N) is 2. The molecule has 5 nitrogen and oxygen atoms in total. The fourth-order valence-corrected chi connectivity index (χ4v) is 2.53. The molecule has 1 fully saturated rings. The minimum absolute atomic E-state index is 0.458. The van der Waals surface area contributed by atoms with E-state index in [1.165, 1.54) is 0 Å². The molecule has 0 saturated heterocycles. The van der Waals surface area contributed by atoms with E-state index in [0.717, 1.165) is 38.0 Å². The van der Waals surface area contributed by atoms with Gasteiger partial charge < -0.3 is 15.0 Å². The molecule has 1 aliphatic carbocycles. The van der Waals surface area contributed by atoms with Gasteiger partial charge in [0.15, 0.2) is 0 Å². The summed E-state index contributed by atoms with van der Waals surface area (Å²) in [7, 11) is 1.67. The lowest BCUT2D eigenvalue weighted by Crippen LogP contribution is -2.40. The Hall–Kier alpha value is -0.940. The highest BCUT2D eigenvalue weighted by atomic mass is 16.5. The average molecular weight is 267 g/mol. The van der Waals surface area contributed by atoms with Gasteiger partial charge in [0.25, 0.3) is 0 Å². The van der Waals surface area contributed by atoms with Gasteiger partial charge in [-0.3, -0.25) is 0 Å². The number of nitrogens with two attached hydrogens (primary N) is 1. The molecule has 1 saturated carbocycles. The van der Waals surface area contributed by atoms with Crippen LogP contribution in [-0.4, -0.2) is 17.3 Å². The highest BCUT2D eigenvalue weighted by Crippen LogP contribution is 2.37. The standard InChI is InChI=1S/C14H25N3O2/c1-5-13(3,18-4)11-16-12(19-17-11)14(15)8-6-10(2)7-9-14/h10H,5-9,15H2,1-4H3. The first-order chi connectivity index (χ1) is 8.93. The molecule has 0 aromatic carbocycles. The number of hydrogen-bond acceptors (Lipinski definition) is 5. The monoisotopic (exact) mass is 267 g/mol. The summed E-state index contributed by atoms with van der Waals surface area (Å²) in [5.74, 6) is 1.89. The first-order valence-electron chi connectivity index (χ1n) is 7.12. The second kappa shape index (κ2) is 5.21. The Morgan fingerprint density at radius 2 is 2.11 bits per heavy atom. The molecule has 1 aromatic heterocycles. The van der Waals surface area contributed by atoms with E-state index in [4.69, 9.17) is 15.0 Å². The van der Waals surface area contributed by atoms with Crippen molar-refractivity contribution in [1.29, 1.82) is 0 Å². The lowest BCUT2D eigenvalue weighted by atomic mass is 9.78.